The third-order valence-electron chi connectivity index (χ3n) is 5.88. The molecule has 0 saturated carbocycles. The van der Waals surface area contributed by atoms with Crippen molar-refractivity contribution in [3.63, 3.8) is 0 Å². The van der Waals surface area contributed by atoms with Crippen molar-refractivity contribution in [3.05, 3.63) is 97.3 Å². The monoisotopic (exact) mass is 456 g/mol. The lowest BCUT2D eigenvalue weighted by Crippen LogP contribution is -2.48. The van der Waals surface area contributed by atoms with E-state index < -0.39 is 10.0 Å². The highest BCUT2D eigenvalue weighted by Crippen LogP contribution is 2.25. The molecule has 33 heavy (non-hydrogen) atoms. The first-order valence-electron chi connectivity index (χ1n) is 10.9. The standard InChI is InChI=1S/C26H24N4O2S/c31-33(32,24-13-11-22(12-14-24)21-7-3-1-4-8-21)30-17-15-29(16-18-30)26-19-25(27-20-28-26)23-9-5-2-6-10-23/h1-14,19-20H,15-18H2. The molecule has 0 N–H and O–H groups in total. The van der Waals surface area contributed by atoms with E-state index in [2.05, 4.69) is 14.9 Å². The summed E-state index contributed by atoms with van der Waals surface area (Å²) in [7, 11) is -3.54. The molecule has 1 aliphatic rings. The normalized spacial score (nSPS) is 14.8. The minimum absolute atomic E-state index is 0.323. The van der Waals surface area contributed by atoms with Crippen LogP contribution in [0.5, 0.6) is 0 Å². The maximum Gasteiger partial charge on any atom is 0.243 e. The van der Waals surface area contributed by atoms with E-state index in [0.717, 1.165) is 28.2 Å². The zero-order chi connectivity index (χ0) is 22.7. The van der Waals surface area contributed by atoms with Crippen molar-refractivity contribution in [1.82, 2.24) is 14.3 Å². The number of anilines is 1. The van der Waals surface area contributed by atoms with Gasteiger partial charge in [0.25, 0.3) is 0 Å². The molecule has 6 nitrogen and oxygen atoms in total. The summed E-state index contributed by atoms with van der Waals surface area (Å²) in [4.78, 5) is 11.2. The quantitative estimate of drug-likeness (QED) is 0.447. The van der Waals surface area contributed by atoms with Crippen LogP contribution in [0.1, 0.15) is 0 Å². The Morgan fingerprint density at radius 2 is 1.21 bits per heavy atom. The van der Waals surface area contributed by atoms with Crippen molar-refractivity contribution in [3.8, 4) is 22.4 Å². The number of hydrogen-bond donors (Lipinski definition) is 0. The van der Waals surface area contributed by atoms with E-state index in [9.17, 15) is 8.42 Å². The Bertz CT molecular complexity index is 1320. The molecule has 0 aliphatic carbocycles. The minimum atomic E-state index is -3.54. The fraction of sp³-hybridized carbons (Fsp3) is 0.154. The van der Waals surface area contributed by atoms with Crippen molar-refractivity contribution >= 4 is 15.8 Å². The van der Waals surface area contributed by atoms with Crippen LogP contribution in [-0.2, 0) is 10.0 Å². The van der Waals surface area contributed by atoms with Gasteiger partial charge in [0.2, 0.25) is 10.0 Å². The Hall–Kier alpha value is -3.55. The lowest BCUT2D eigenvalue weighted by Gasteiger charge is -2.34. The lowest BCUT2D eigenvalue weighted by atomic mass is 10.1. The second-order valence-corrected chi connectivity index (χ2v) is 9.85. The molecule has 1 aliphatic heterocycles. The molecule has 0 spiro atoms. The van der Waals surface area contributed by atoms with Crippen molar-refractivity contribution in [2.45, 2.75) is 4.90 Å². The minimum Gasteiger partial charge on any atom is -0.354 e. The first-order valence-corrected chi connectivity index (χ1v) is 12.3. The summed E-state index contributed by atoms with van der Waals surface area (Å²) in [6.07, 6.45) is 1.56. The molecule has 0 bridgehead atoms. The molecule has 5 rings (SSSR count). The SMILES string of the molecule is O=S(=O)(c1ccc(-c2ccccc2)cc1)N1CCN(c2cc(-c3ccccc3)ncn2)CC1. The van der Waals surface area contributed by atoms with Gasteiger partial charge in [0.05, 0.1) is 10.6 Å². The average Bonchev–Trinajstić information content (AvgIpc) is 2.90. The van der Waals surface area contributed by atoms with Crippen LogP contribution in [0.15, 0.2) is 102 Å². The van der Waals surface area contributed by atoms with Gasteiger partial charge in [0.1, 0.15) is 12.1 Å². The number of piperazine rings is 1. The Labute approximate surface area is 194 Å². The van der Waals surface area contributed by atoms with Crippen molar-refractivity contribution in [1.29, 1.82) is 0 Å². The summed E-state index contributed by atoms with van der Waals surface area (Å²) in [5.74, 6) is 0.813. The molecule has 7 heteroatoms. The molecule has 2 heterocycles. The maximum atomic E-state index is 13.2. The molecular formula is C26H24N4O2S. The van der Waals surface area contributed by atoms with Crippen LogP contribution >= 0.6 is 0 Å². The van der Waals surface area contributed by atoms with Gasteiger partial charge in [-0.2, -0.15) is 4.31 Å². The molecule has 0 unspecified atom stereocenters. The molecule has 4 aromatic rings. The van der Waals surface area contributed by atoms with Gasteiger partial charge in [-0.1, -0.05) is 72.8 Å². The summed E-state index contributed by atoms with van der Waals surface area (Å²) < 4.78 is 28.0. The topological polar surface area (TPSA) is 66.4 Å². The van der Waals surface area contributed by atoms with E-state index in [-0.39, 0.29) is 0 Å². The van der Waals surface area contributed by atoms with Gasteiger partial charge in [-0.15, -0.1) is 0 Å². The van der Waals surface area contributed by atoms with Gasteiger partial charge >= 0.3 is 0 Å². The fourth-order valence-electron chi connectivity index (χ4n) is 4.04. The summed E-state index contributed by atoms with van der Waals surface area (Å²) in [5.41, 5.74) is 3.95. The van der Waals surface area contributed by atoms with Crippen LogP contribution in [0.25, 0.3) is 22.4 Å². The number of benzene rings is 3. The van der Waals surface area contributed by atoms with E-state index in [1.165, 1.54) is 0 Å². The first-order chi connectivity index (χ1) is 16.1. The Kier molecular flexibility index (Phi) is 5.90. The number of sulfonamides is 1. The third-order valence-corrected chi connectivity index (χ3v) is 7.80. The molecule has 0 amide bonds. The van der Waals surface area contributed by atoms with Crippen LogP contribution in [0.3, 0.4) is 0 Å². The number of rotatable bonds is 5. The van der Waals surface area contributed by atoms with E-state index in [1.54, 1.807) is 22.8 Å². The van der Waals surface area contributed by atoms with Crippen molar-refractivity contribution < 1.29 is 8.42 Å². The summed E-state index contributed by atoms with van der Waals surface area (Å²) >= 11 is 0. The van der Waals surface area contributed by atoms with E-state index in [1.807, 2.05) is 78.9 Å². The molecule has 0 atom stereocenters. The maximum absolute atomic E-state index is 13.2. The Morgan fingerprint density at radius 3 is 1.85 bits per heavy atom. The predicted molar refractivity (Wildman–Crippen MR) is 130 cm³/mol. The van der Waals surface area contributed by atoms with Crippen LogP contribution in [-0.4, -0.2) is 48.9 Å². The molecular weight excluding hydrogens is 432 g/mol. The van der Waals surface area contributed by atoms with Crippen LogP contribution in [0.2, 0.25) is 0 Å². The first kappa shape index (κ1) is 21.3. The Balaban J connectivity index is 1.28. The number of nitrogens with zero attached hydrogens (tertiary/aromatic N) is 4. The van der Waals surface area contributed by atoms with E-state index in [4.69, 9.17) is 0 Å². The second-order valence-electron chi connectivity index (χ2n) is 7.91. The predicted octanol–water partition coefficient (Wildman–Crippen LogP) is 4.32. The number of aromatic nitrogens is 2. The highest BCUT2D eigenvalue weighted by atomic mass is 32.2. The second kappa shape index (κ2) is 9.13. The molecule has 1 saturated heterocycles. The highest BCUT2D eigenvalue weighted by Gasteiger charge is 2.29. The molecule has 1 aromatic heterocycles. The van der Waals surface area contributed by atoms with Gasteiger partial charge in [0, 0.05) is 37.8 Å². The average molecular weight is 457 g/mol. The Morgan fingerprint density at radius 1 is 0.636 bits per heavy atom. The summed E-state index contributed by atoms with van der Waals surface area (Å²) in [5, 5.41) is 0. The largest absolute Gasteiger partial charge is 0.354 e. The number of hydrogen-bond acceptors (Lipinski definition) is 5. The fourth-order valence-corrected chi connectivity index (χ4v) is 5.47. The molecule has 1 fully saturated rings. The van der Waals surface area contributed by atoms with Gasteiger partial charge in [0.15, 0.2) is 0 Å². The zero-order valence-electron chi connectivity index (χ0n) is 18.1. The molecule has 0 radical (unpaired) electrons. The zero-order valence-corrected chi connectivity index (χ0v) is 18.9. The smallest absolute Gasteiger partial charge is 0.243 e. The van der Waals surface area contributed by atoms with Crippen molar-refractivity contribution in [2.75, 3.05) is 31.1 Å². The van der Waals surface area contributed by atoms with Gasteiger partial charge in [-0.25, -0.2) is 18.4 Å². The van der Waals surface area contributed by atoms with Crippen molar-refractivity contribution in [2.24, 2.45) is 0 Å². The summed E-state index contributed by atoms with van der Waals surface area (Å²) in [6, 6.07) is 29.0. The van der Waals surface area contributed by atoms with Gasteiger partial charge < -0.3 is 4.90 Å². The van der Waals surface area contributed by atoms with E-state index in [0.29, 0.717) is 31.1 Å². The molecule has 3 aromatic carbocycles. The lowest BCUT2D eigenvalue weighted by molar-refractivity contribution is 0.384. The summed E-state index contributed by atoms with van der Waals surface area (Å²) in [6.45, 7) is 1.97. The van der Waals surface area contributed by atoms with Crippen LogP contribution in [0, 0.1) is 0 Å². The van der Waals surface area contributed by atoms with Crippen LogP contribution < -0.4 is 4.90 Å². The third kappa shape index (κ3) is 4.51. The van der Waals surface area contributed by atoms with Crippen LogP contribution in [0.4, 0.5) is 5.82 Å². The molecule has 166 valence electrons. The van der Waals surface area contributed by atoms with E-state index >= 15 is 0 Å². The van der Waals surface area contributed by atoms with Gasteiger partial charge in [-0.3, -0.25) is 0 Å². The van der Waals surface area contributed by atoms with Gasteiger partial charge in [-0.05, 0) is 23.3 Å². The highest BCUT2D eigenvalue weighted by molar-refractivity contribution is 7.89.